The highest BCUT2D eigenvalue weighted by Crippen LogP contribution is 2.09. The Hall–Kier alpha value is -0.0100. The van der Waals surface area contributed by atoms with Crippen molar-refractivity contribution in [3.63, 3.8) is 0 Å². The van der Waals surface area contributed by atoms with Gasteiger partial charge in [0.05, 0.1) is 11.4 Å². The predicted molar refractivity (Wildman–Crippen MR) is 43.9 cm³/mol. The van der Waals surface area contributed by atoms with Crippen molar-refractivity contribution in [1.82, 2.24) is 0 Å². The number of aliphatic hydroxyl groups excluding tert-OH is 4. The third-order valence-corrected chi connectivity index (χ3v) is 2.14. The first-order valence-corrected chi connectivity index (χ1v) is 4.20. The van der Waals surface area contributed by atoms with Gasteiger partial charge in [-0.3, -0.25) is 0 Å². The molecule has 6 heteroatoms. The van der Waals surface area contributed by atoms with Crippen molar-refractivity contribution in [2.45, 2.75) is 23.1 Å². The summed E-state index contributed by atoms with van der Waals surface area (Å²) in [4.78, 5) is 9.15. The second-order valence-electron chi connectivity index (χ2n) is 2.31. The van der Waals surface area contributed by atoms with Crippen molar-refractivity contribution in [1.29, 1.82) is 0 Å². The highest BCUT2D eigenvalue weighted by atomic mass is 79.9. The van der Waals surface area contributed by atoms with Crippen molar-refractivity contribution in [3.8, 4) is 0 Å². The molecule has 0 aliphatic heterocycles. The van der Waals surface area contributed by atoms with E-state index in [0.717, 1.165) is 0 Å². The first-order chi connectivity index (χ1) is 5.54. The summed E-state index contributed by atoms with van der Waals surface area (Å²) in [7, 11) is 0. The van der Waals surface area contributed by atoms with Crippen LogP contribution in [0.5, 0.6) is 0 Å². The van der Waals surface area contributed by atoms with Crippen LogP contribution in [0.1, 0.15) is 0 Å². The number of carbonyl (C=O) groups is 1. The number of aliphatic hydroxyl groups is 4. The fourth-order valence-corrected chi connectivity index (χ4v) is 0.917. The summed E-state index contributed by atoms with van der Waals surface area (Å²) in [6, 6.07) is 0. The fraction of sp³-hybridized carbons (Fsp3) is 0.833. The molecule has 4 N–H and O–H groups in total. The van der Waals surface area contributed by atoms with Crippen LogP contribution in [-0.2, 0) is 4.79 Å². The molecule has 12 heavy (non-hydrogen) atoms. The second-order valence-corrected chi connectivity index (χ2v) is 3.37. The first-order valence-electron chi connectivity index (χ1n) is 3.29. The zero-order valence-electron chi connectivity index (χ0n) is 6.17. The van der Waals surface area contributed by atoms with Gasteiger partial charge in [0.2, 0.25) is 0 Å². The van der Waals surface area contributed by atoms with Crippen molar-refractivity contribution < 1.29 is 25.2 Å². The van der Waals surface area contributed by atoms with Crippen LogP contribution in [0.15, 0.2) is 0 Å². The van der Waals surface area contributed by atoms with Crippen LogP contribution in [0, 0.1) is 0 Å². The van der Waals surface area contributed by atoms with Crippen molar-refractivity contribution >= 4 is 22.2 Å². The lowest BCUT2D eigenvalue weighted by molar-refractivity contribution is -0.113. The van der Waals surface area contributed by atoms with Gasteiger partial charge in [-0.25, -0.2) is 0 Å². The maximum atomic E-state index is 10.1. The molecule has 5 nitrogen and oxygen atoms in total. The van der Waals surface area contributed by atoms with Crippen LogP contribution < -0.4 is 0 Å². The molecule has 0 heterocycles. The number of carbonyl (C=O) groups excluding carboxylic acids is 1. The minimum absolute atomic E-state index is 0.387. The topological polar surface area (TPSA) is 98.0 Å². The molecule has 0 unspecified atom stereocenters. The number of hydrogen-bond acceptors (Lipinski definition) is 5. The summed E-state index contributed by atoms with van der Waals surface area (Å²) in [5.74, 6) is 0. The van der Waals surface area contributed by atoms with Crippen LogP contribution in [0.3, 0.4) is 0 Å². The SMILES string of the molecule is O=C[C@@H](Br)[C@@H](O)[C@H](O)[C@H](O)CO. The molecular formula is C6H11BrO5. The molecule has 0 aromatic heterocycles. The normalized spacial score (nSPS) is 21.1. The molecule has 0 fully saturated rings. The summed E-state index contributed by atoms with van der Waals surface area (Å²) in [6.45, 7) is -0.670. The van der Waals surface area contributed by atoms with Crippen LogP contribution in [0.2, 0.25) is 0 Å². The number of hydrogen-bond donors (Lipinski definition) is 4. The molecule has 0 amide bonds. The van der Waals surface area contributed by atoms with E-state index in [1.807, 2.05) is 0 Å². The van der Waals surface area contributed by atoms with Crippen molar-refractivity contribution in [2.24, 2.45) is 0 Å². The summed E-state index contributed by atoms with van der Waals surface area (Å²) >= 11 is 2.77. The molecule has 0 bridgehead atoms. The molecule has 0 rings (SSSR count). The quantitative estimate of drug-likeness (QED) is 0.331. The average molecular weight is 243 g/mol. The van der Waals surface area contributed by atoms with Gasteiger partial charge in [0, 0.05) is 0 Å². The van der Waals surface area contributed by atoms with Gasteiger partial charge in [0.25, 0.3) is 0 Å². The Kier molecular flexibility index (Phi) is 5.60. The van der Waals surface area contributed by atoms with E-state index < -0.39 is 29.7 Å². The Morgan fingerprint density at radius 2 is 1.75 bits per heavy atom. The van der Waals surface area contributed by atoms with E-state index in [9.17, 15) is 4.79 Å². The zero-order valence-corrected chi connectivity index (χ0v) is 7.75. The van der Waals surface area contributed by atoms with Gasteiger partial charge in [0.15, 0.2) is 0 Å². The van der Waals surface area contributed by atoms with Crippen molar-refractivity contribution in [2.75, 3.05) is 6.61 Å². The lowest BCUT2D eigenvalue weighted by atomic mass is 10.1. The molecule has 0 aliphatic carbocycles. The minimum Gasteiger partial charge on any atom is -0.394 e. The number of rotatable bonds is 5. The largest absolute Gasteiger partial charge is 0.394 e. The molecule has 0 radical (unpaired) electrons. The standard InChI is InChI=1S/C6H11BrO5/c7-3(1-8)5(11)6(12)4(10)2-9/h1,3-6,9-12H,2H2/t3-,4-,5-,6-/m1/s1. The molecule has 0 aliphatic rings. The summed E-state index contributed by atoms with van der Waals surface area (Å²) in [6.07, 6.45) is -4.02. The maximum Gasteiger partial charge on any atom is 0.136 e. The Morgan fingerprint density at radius 1 is 1.25 bits per heavy atom. The molecule has 0 spiro atoms. The maximum absolute atomic E-state index is 10.1. The Morgan fingerprint density at radius 3 is 2.08 bits per heavy atom. The molecule has 0 saturated carbocycles. The van der Waals surface area contributed by atoms with Crippen LogP contribution >= 0.6 is 15.9 Å². The van der Waals surface area contributed by atoms with Gasteiger partial charge in [-0.2, -0.15) is 0 Å². The summed E-state index contributed by atoms with van der Waals surface area (Å²) in [5, 5.41) is 35.4. The van der Waals surface area contributed by atoms with Crippen LogP contribution in [0.25, 0.3) is 0 Å². The first kappa shape index (κ1) is 12.0. The van der Waals surface area contributed by atoms with E-state index in [2.05, 4.69) is 15.9 Å². The van der Waals surface area contributed by atoms with Crippen LogP contribution in [-0.4, -0.2) is 56.5 Å². The van der Waals surface area contributed by atoms with E-state index >= 15 is 0 Å². The zero-order chi connectivity index (χ0) is 9.72. The minimum atomic E-state index is -1.54. The Bertz CT molecular complexity index is 142. The van der Waals surface area contributed by atoms with Gasteiger partial charge in [-0.1, -0.05) is 15.9 Å². The van der Waals surface area contributed by atoms with E-state index in [1.165, 1.54) is 0 Å². The molecular weight excluding hydrogens is 232 g/mol. The molecule has 0 saturated heterocycles. The van der Waals surface area contributed by atoms with Gasteiger partial charge >= 0.3 is 0 Å². The summed E-state index contributed by atoms with van der Waals surface area (Å²) < 4.78 is 0. The fourth-order valence-electron chi connectivity index (χ4n) is 0.604. The smallest absolute Gasteiger partial charge is 0.136 e. The molecule has 0 aromatic rings. The van der Waals surface area contributed by atoms with Gasteiger partial charge < -0.3 is 25.2 Å². The Balaban J connectivity index is 4.07. The lowest BCUT2D eigenvalue weighted by Gasteiger charge is -2.22. The third-order valence-electron chi connectivity index (χ3n) is 1.39. The molecule has 0 aromatic carbocycles. The Labute approximate surface area is 77.8 Å². The van der Waals surface area contributed by atoms with E-state index in [4.69, 9.17) is 20.4 Å². The van der Waals surface area contributed by atoms with Gasteiger partial charge in [0.1, 0.15) is 24.6 Å². The van der Waals surface area contributed by atoms with Crippen LogP contribution in [0.4, 0.5) is 0 Å². The number of halogens is 1. The van der Waals surface area contributed by atoms with Crippen molar-refractivity contribution in [3.05, 3.63) is 0 Å². The average Bonchev–Trinajstić information content (AvgIpc) is 2.12. The highest BCUT2D eigenvalue weighted by Gasteiger charge is 2.29. The lowest BCUT2D eigenvalue weighted by Crippen LogP contribution is -2.44. The molecule has 72 valence electrons. The van der Waals surface area contributed by atoms with E-state index in [0.29, 0.717) is 6.29 Å². The number of alkyl halides is 1. The monoisotopic (exact) mass is 242 g/mol. The third kappa shape index (κ3) is 3.16. The van der Waals surface area contributed by atoms with E-state index in [-0.39, 0.29) is 0 Å². The summed E-state index contributed by atoms with van der Waals surface area (Å²) in [5.41, 5.74) is 0. The number of aldehydes is 1. The predicted octanol–water partition coefficient (Wildman–Crippen LogP) is -1.98. The second kappa shape index (κ2) is 5.60. The van der Waals surface area contributed by atoms with Gasteiger partial charge in [-0.05, 0) is 0 Å². The van der Waals surface area contributed by atoms with E-state index in [1.54, 1.807) is 0 Å². The van der Waals surface area contributed by atoms with Gasteiger partial charge in [-0.15, -0.1) is 0 Å². The molecule has 4 atom stereocenters. The highest BCUT2D eigenvalue weighted by molar-refractivity contribution is 9.10.